The molecule has 0 amide bonds. The van der Waals surface area contributed by atoms with Crippen molar-refractivity contribution in [1.82, 2.24) is 0 Å². The second kappa shape index (κ2) is 8.39. The third kappa shape index (κ3) is 3.65. The number of rotatable bonds is 4. The maximum Gasteiger partial charge on any atom is 0.160 e. The van der Waals surface area contributed by atoms with Gasteiger partial charge in [-0.3, -0.25) is 0 Å². The van der Waals surface area contributed by atoms with Crippen molar-refractivity contribution >= 4 is 5.71 Å². The zero-order valence-corrected chi connectivity index (χ0v) is 19.1. The molecule has 0 aromatic heterocycles. The highest BCUT2D eigenvalue weighted by atomic mass is 16.6. The van der Waals surface area contributed by atoms with Crippen molar-refractivity contribution in [1.29, 1.82) is 5.26 Å². The van der Waals surface area contributed by atoms with Crippen LogP contribution in [0.25, 0.3) is 0 Å². The molecule has 2 saturated carbocycles. The molecule has 0 heterocycles. The summed E-state index contributed by atoms with van der Waals surface area (Å²) in [4.78, 5) is 5.77. The normalized spacial score (nSPS) is 31.3. The van der Waals surface area contributed by atoms with Crippen molar-refractivity contribution in [2.24, 2.45) is 22.4 Å². The number of aromatic hydroxyl groups is 1. The van der Waals surface area contributed by atoms with Gasteiger partial charge in [-0.15, -0.1) is 0 Å². The molecule has 172 valence electrons. The second-order valence-corrected chi connectivity index (χ2v) is 9.95. The van der Waals surface area contributed by atoms with Gasteiger partial charge in [0.2, 0.25) is 0 Å². The number of aliphatic hydroxyl groups excluding tert-OH is 1. The van der Waals surface area contributed by atoms with E-state index in [2.05, 4.69) is 18.1 Å². The lowest BCUT2D eigenvalue weighted by Crippen LogP contribution is -2.45. The first-order chi connectivity index (χ1) is 15.9. The Hall–Kier alpha value is -3.04. The summed E-state index contributed by atoms with van der Waals surface area (Å²) >= 11 is 0. The molecule has 2 fully saturated rings. The van der Waals surface area contributed by atoms with E-state index in [0.29, 0.717) is 35.7 Å². The van der Waals surface area contributed by atoms with Gasteiger partial charge in [0.25, 0.3) is 0 Å². The van der Waals surface area contributed by atoms with Crippen LogP contribution >= 0.6 is 0 Å². The summed E-state index contributed by atoms with van der Waals surface area (Å²) in [6.07, 6.45) is 4.43. The number of nitrogens with zero attached hydrogens (tertiary/aromatic N) is 2. The molecule has 0 aliphatic heterocycles. The monoisotopic (exact) mass is 446 g/mol. The van der Waals surface area contributed by atoms with Crippen LogP contribution < -0.4 is 4.74 Å². The summed E-state index contributed by atoms with van der Waals surface area (Å²) in [5, 5.41) is 34.7. The summed E-state index contributed by atoms with van der Waals surface area (Å²) < 4.78 is 5.42. The minimum atomic E-state index is -0.243. The van der Waals surface area contributed by atoms with Gasteiger partial charge in [0, 0.05) is 5.56 Å². The number of methoxy groups -OCH3 is 1. The van der Waals surface area contributed by atoms with Gasteiger partial charge in [-0.05, 0) is 90.7 Å². The van der Waals surface area contributed by atoms with E-state index < -0.39 is 0 Å². The molecule has 2 N–H and O–H groups in total. The number of fused-ring (bicyclic) bond motifs is 5. The molecule has 2 aromatic carbocycles. The van der Waals surface area contributed by atoms with E-state index in [1.165, 1.54) is 0 Å². The van der Waals surface area contributed by atoms with Crippen LogP contribution in [0.3, 0.4) is 0 Å². The Kier molecular flexibility index (Phi) is 5.54. The zero-order chi connectivity index (χ0) is 23.2. The number of aliphatic hydroxyl groups is 1. The number of hydrogen-bond acceptors (Lipinski definition) is 6. The van der Waals surface area contributed by atoms with Crippen molar-refractivity contribution in [2.75, 3.05) is 7.11 Å². The number of oxime groups is 1. The molecule has 5 rings (SSSR count). The Morgan fingerprint density at radius 2 is 1.97 bits per heavy atom. The molecule has 6 heteroatoms. The van der Waals surface area contributed by atoms with Crippen molar-refractivity contribution < 1.29 is 19.8 Å². The van der Waals surface area contributed by atoms with Crippen LogP contribution in [0.1, 0.15) is 67.2 Å². The lowest BCUT2D eigenvalue weighted by atomic mass is 9.55. The fraction of sp³-hybridized carbons (Fsp3) is 0.481. The van der Waals surface area contributed by atoms with Gasteiger partial charge in [-0.25, -0.2) is 0 Å². The molecule has 0 spiro atoms. The predicted molar refractivity (Wildman–Crippen MR) is 124 cm³/mol. The van der Waals surface area contributed by atoms with Crippen molar-refractivity contribution in [2.45, 2.75) is 57.7 Å². The van der Waals surface area contributed by atoms with E-state index in [4.69, 9.17) is 14.8 Å². The second-order valence-electron chi connectivity index (χ2n) is 9.95. The lowest BCUT2D eigenvalue weighted by molar-refractivity contribution is -0.0180. The largest absolute Gasteiger partial charge is 0.504 e. The number of ether oxygens (including phenoxy) is 1. The average Bonchev–Trinajstić information content (AvgIpc) is 3.13. The number of phenolic OH excluding ortho intramolecular Hbond substituents is 1. The Bertz CT molecular complexity index is 1120. The summed E-state index contributed by atoms with van der Waals surface area (Å²) in [5.74, 6) is 1.75. The predicted octanol–water partition coefficient (Wildman–Crippen LogP) is 4.87. The van der Waals surface area contributed by atoms with E-state index in [1.807, 2.05) is 18.2 Å². The van der Waals surface area contributed by atoms with E-state index in [9.17, 15) is 10.2 Å². The summed E-state index contributed by atoms with van der Waals surface area (Å²) in [7, 11) is 1.57. The molecule has 3 aliphatic rings. The third-order valence-corrected chi connectivity index (χ3v) is 8.37. The maximum absolute atomic E-state index is 10.7. The van der Waals surface area contributed by atoms with Gasteiger partial charge in [-0.1, -0.05) is 24.2 Å². The van der Waals surface area contributed by atoms with Crippen LogP contribution in [0.15, 0.2) is 41.6 Å². The van der Waals surface area contributed by atoms with E-state index in [-0.39, 0.29) is 17.3 Å². The number of nitriles is 1. The quantitative estimate of drug-likeness (QED) is 0.654. The Morgan fingerprint density at radius 1 is 1.18 bits per heavy atom. The molecule has 6 nitrogen and oxygen atoms in total. The molecular weight excluding hydrogens is 416 g/mol. The fourth-order valence-corrected chi connectivity index (χ4v) is 6.51. The SMILES string of the molecule is COc1cc2c(cc1O)C(=NOCc1ccc(C#N)cc1)C[C@@H]1[C@@H]2CC[C@]2(C)[C@@H](O)CC[C@@H]12. The van der Waals surface area contributed by atoms with Crippen LogP contribution in [-0.4, -0.2) is 29.1 Å². The van der Waals surface area contributed by atoms with Gasteiger partial charge in [0.15, 0.2) is 11.5 Å². The number of benzene rings is 2. The van der Waals surface area contributed by atoms with Crippen LogP contribution in [0.5, 0.6) is 11.5 Å². The summed E-state index contributed by atoms with van der Waals surface area (Å²) in [6, 6.07) is 13.1. The topological polar surface area (TPSA) is 95.1 Å². The van der Waals surface area contributed by atoms with Crippen LogP contribution in [0.4, 0.5) is 0 Å². The van der Waals surface area contributed by atoms with E-state index in [1.54, 1.807) is 25.3 Å². The molecular formula is C27H30N2O4. The lowest BCUT2D eigenvalue weighted by Gasteiger charge is -2.50. The van der Waals surface area contributed by atoms with E-state index >= 15 is 0 Å². The van der Waals surface area contributed by atoms with Crippen molar-refractivity contribution in [3.05, 3.63) is 58.7 Å². The number of phenols is 1. The summed E-state index contributed by atoms with van der Waals surface area (Å²) in [6.45, 7) is 2.55. The molecule has 2 aromatic rings. The molecule has 33 heavy (non-hydrogen) atoms. The Balaban J connectivity index is 1.47. The average molecular weight is 447 g/mol. The Morgan fingerprint density at radius 3 is 2.70 bits per heavy atom. The van der Waals surface area contributed by atoms with Crippen molar-refractivity contribution in [3.8, 4) is 17.6 Å². The minimum Gasteiger partial charge on any atom is -0.504 e. The first kappa shape index (κ1) is 21.8. The van der Waals surface area contributed by atoms with Gasteiger partial charge in [-0.2, -0.15) is 5.26 Å². The molecule has 0 unspecified atom stereocenters. The smallest absolute Gasteiger partial charge is 0.160 e. The molecule has 0 bridgehead atoms. The first-order valence-electron chi connectivity index (χ1n) is 11.7. The van der Waals surface area contributed by atoms with Gasteiger partial charge >= 0.3 is 0 Å². The highest BCUT2D eigenvalue weighted by Crippen LogP contribution is 2.61. The van der Waals surface area contributed by atoms with Gasteiger partial charge in [0.1, 0.15) is 6.61 Å². The van der Waals surface area contributed by atoms with Gasteiger partial charge in [0.05, 0.1) is 30.6 Å². The molecule has 3 aliphatic carbocycles. The third-order valence-electron chi connectivity index (χ3n) is 8.37. The maximum atomic E-state index is 10.7. The van der Waals surface area contributed by atoms with E-state index in [0.717, 1.165) is 54.5 Å². The highest BCUT2D eigenvalue weighted by molar-refractivity contribution is 6.03. The molecule has 5 atom stereocenters. The Labute approximate surface area is 194 Å². The number of hydrogen-bond donors (Lipinski definition) is 2. The highest BCUT2D eigenvalue weighted by Gasteiger charge is 2.55. The van der Waals surface area contributed by atoms with Gasteiger partial charge < -0.3 is 19.8 Å². The zero-order valence-electron chi connectivity index (χ0n) is 19.1. The standard InChI is InChI=1S/C27H30N2O4/c1-27-10-9-18-19-13-25(32-2)24(30)12-21(19)23(11-20(18)22(27)7-8-26(27)31)29-33-15-17-5-3-16(14-28)4-6-17/h3-6,12-13,18,20,22,26,30-31H,7-11,15H2,1-2H3/t18-,20-,22+,26+,27+/m1/s1. The molecule has 0 radical (unpaired) electrons. The van der Waals surface area contributed by atoms with Crippen molar-refractivity contribution in [3.63, 3.8) is 0 Å². The van der Waals surface area contributed by atoms with Crippen LogP contribution in [0.2, 0.25) is 0 Å². The van der Waals surface area contributed by atoms with Crippen LogP contribution in [0, 0.1) is 28.6 Å². The summed E-state index contributed by atoms with van der Waals surface area (Å²) in [5.41, 5.74) is 4.42. The first-order valence-corrected chi connectivity index (χ1v) is 11.7. The fourth-order valence-electron chi connectivity index (χ4n) is 6.51. The minimum absolute atomic E-state index is 0.0475. The molecule has 0 saturated heterocycles. The van der Waals surface area contributed by atoms with Crippen LogP contribution in [-0.2, 0) is 11.4 Å².